The van der Waals surface area contributed by atoms with Gasteiger partial charge in [-0.1, -0.05) is 27.2 Å². The van der Waals surface area contributed by atoms with Gasteiger partial charge in [0.2, 0.25) is 10.0 Å². The molecule has 1 fully saturated rings. The number of aromatic nitrogens is 3. The zero-order valence-corrected chi connectivity index (χ0v) is 17.6. The number of aromatic amines is 1. The lowest BCUT2D eigenvalue weighted by Crippen LogP contribution is -2.35. The van der Waals surface area contributed by atoms with Crippen molar-refractivity contribution in [3.05, 3.63) is 23.9 Å². The molecule has 0 aliphatic heterocycles. The van der Waals surface area contributed by atoms with Crippen LogP contribution in [0.3, 0.4) is 0 Å². The smallest absolute Gasteiger partial charge is 0.214 e. The quantitative estimate of drug-likeness (QED) is 0.484. The monoisotopic (exact) mass is 406 g/mol. The van der Waals surface area contributed by atoms with E-state index >= 15 is 0 Å². The van der Waals surface area contributed by atoms with Crippen molar-refractivity contribution in [1.82, 2.24) is 18.8 Å². The van der Waals surface area contributed by atoms with Crippen molar-refractivity contribution in [3.63, 3.8) is 0 Å². The minimum Gasteiger partial charge on any atom is -0.345 e. The Labute approximate surface area is 166 Å². The van der Waals surface area contributed by atoms with E-state index in [1.807, 2.05) is 19.9 Å². The molecule has 28 heavy (non-hydrogen) atoms. The molecule has 3 N–H and O–H groups in total. The van der Waals surface area contributed by atoms with Crippen molar-refractivity contribution in [2.45, 2.75) is 40.0 Å². The Hall–Kier alpha value is -2.00. The van der Waals surface area contributed by atoms with E-state index in [2.05, 4.69) is 16.9 Å². The summed E-state index contributed by atoms with van der Waals surface area (Å²) in [6, 6.07) is 1.83. The van der Waals surface area contributed by atoms with Crippen LogP contribution in [0.5, 0.6) is 0 Å². The van der Waals surface area contributed by atoms with Crippen molar-refractivity contribution in [2.75, 3.05) is 18.8 Å². The second kappa shape index (κ2) is 8.16. The SMILES string of the molecule is CC[C@H]1C[C@H](CS(=O)(=O)N(CC)CC)C[C@@H]1C(=N)n1c(=N)cnc2[nH]ccc21. The number of hydrogen-bond acceptors (Lipinski definition) is 5. The van der Waals surface area contributed by atoms with Gasteiger partial charge in [0.15, 0.2) is 5.65 Å². The lowest BCUT2D eigenvalue weighted by atomic mass is 9.92. The largest absolute Gasteiger partial charge is 0.345 e. The Morgan fingerprint density at radius 1 is 1.32 bits per heavy atom. The summed E-state index contributed by atoms with van der Waals surface area (Å²) in [6.07, 6.45) is 5.57. The number of hydrogen-bond donors (Lipinski definition) is 3. The van der Waals surface area contributed by atoms with Crippen molar-refractivity contribution in [1.29, 1.82) is 10.8 Å². The fourth-order valence-electron chi connectivity index (χ4n) is 4.56. The lowest BCUT2D eigenvalue weighted by Gasteiger charge is -2.21. The number of sulfonamides is 1. The van der Waals surface area contributed by atoms with Gasteiger partial charge in [-0.05, 0) is 30.7 Å². The summed E-state index contributed by atoms with van der Waals surface area (Å²) < 4.78 is 28.6. The lowest BCUT2D eigenvalue weighted by molar-refractivity contribution is 0.430. The maximum atomic E-state index is 12.7. The number of nitrogens with one attached hydrogen (secondary N) is 3. The van der Waals surface area contributed by atoms with Crippen LogP contribution in [0, 0.1) is 28.6 Å². The summed E-state index contributed by atoms with van der Waals surface area (Å²) in [5, 5.41) is 17.1. The summed E-state index contributed by atoms with van der Waals surface area (Å²) in [5.74, 6) is 0.740. The first-order valence-corrected chi connectivity index (χ1v) is 11.6. The molecule has 2 heterocycles. The van der Waals surface area contributed by atoms with E-state index in [4.69, 9.17) is 10.8 Å². The number of fused-ring (bicyclic) bond motifs is 1. The Kier molecular flexibility index (Phi) is 6.04. The topological polar surface area (TPSA) is 119 Å². The molecule has 0 bridgehead atoms. The molecule has 2 aromatic rings. The molecular weight excluding hydrogens is 376 g/mol. The third kappa shape index (κ3) is 3.77. The van der Waals surface area contributed by atoms with Crippen LogP contribution in [-0.4, -0.2) is 51.9 Å². The molecule has 0 saturated heterocycles. The summed E-state index contributed by atoms with van der Waals surface area (Å²) in [5.41, 5.74) is 1.53. The van der Waals surface area contributed by atoms with E-state index in [1.54, 1.807) is 10.8 Å². The molecule has 8 nitrogen and oxygen atoms in total. The van der Waals surface area contributed by atoms with Crippen LogP contribution in [0.4, 0.5) is 0 Å². The van der Waals surface area contributed by atoms with Gasteiger partial charge in [-0.2, -0.15) is 0 Å². The molecule has 3 atom stereocenters. The third-order valence-electron chi connectivity index (χ3n) is 5.96. The number of nitrogens with zero attached hydrogens (tertiary/aromatic N) is 3. The molecule has 1 aliphatic rings. The highest BCUT2D eigenvalue weighted by molar-refractivity contribution is 7.89. The second-order valence-corrected chi connectivity index (χ2v) is 9.56. The maximum Gasteiger partial charge on any atom is 0.214 e. The molecule has 154 valence electrons. The zero-order chi connectivity index (χ0) is 20.5. The first-order valence-electron chi connectivity index (χ1n) is 9.98. The second-order valence-electron chi connectivity index (χ2n) is 7.55. The summed E-state index contributed by atoms with van der Waals surface area (Å²) in [4.78, 5) is 7.23. The fourth-order valence-corrected chi connectivity index (χ4v) is 6.42. The molecule has 1 aliphatic carbocycles. The molecule has 0 amide bonds. The summed E-state index contributed by atoms with van der Waals surface area (Å²) >= 11 is 0. The maximum absolute atomic E-state index is 12.7. The molecule has 1 saturated carbocycles. The van der Waals surface area contributed by atoms with Crippen LogP contribution >= 0.6 is 0 Å². The standard InChI is InChI=1S/C19H30N6O2S/c1-4-14-9-13(12-28(26,27)24(5-2)6-3)10-15(14)18(21)25-16-7-8-22-19(16)23-11-17(25)20/h7-8,11,13-15,20-22H,4-6,9-10,12H2,1-3H3/t13-,14-,15-/m0/s1. The van der Waals surface area contributed by atoms with E-state index in [0.717, 1.165) is 12.8 Å². The zero-order valence-electron chi connectivity index (χ0n) is 16.8. The number of rotatable bonds is 7. The first-order chi connectivity index (χ1) is 13.3. The van der Waals surface area contributed by atoms with Gasteiger partial charge in [0.05, 0.1) is 17.5 Å². The van der Waals surface area contributed by atoms with Gasteiger partial charge < -0.3 is 4.98 Å². The van der Waals surface area contributed by atoms with E-state index in [9.17, 15) is 8.42 Å². The van der Waals surface area contributed by atoms with Crippen molar-refractivity contribution >= 4 is 27.0 Å². The van der Waals surface area contributed by atoms with Crippen LogP contribution in [0.1, 0.15) is 40.0 Å². The molecule has 2 aromatic heterocycles. The van der Waals surface area contributed by atoms with Gasteiger partial charge >= 0.3 is 0 Å². The van der Waals surface area contributed by atoms with E-state index in [-0.39, 0.29) is 29.0 Å². The molecule has 0 radical (unpaired) electrons. The van der Waals surface area contributed by atoms with Crippen LogP contribution in [0.25, 0.3) is 11.2 Å². The molecule has 9 heteroatoms. The van der Waals surface area contributed by atoms with Crippen molar-refractivity contribution < 1.29 is 8.42 Å². The van der Waals surface area contributed by atoms with Crippen LogP contribution in [-0.2, 0) is 10.0 Å². The van der Waals surface area contributed by atoms with Gasteiger partial charge in [0.1, 0.15) is 11.3 Å². The predicted octanol–water partition coefficient (Wildman–Crippen LogP) is 2.39. The molecule has 0 spiro atoms. The Morgan fingerprint density at radius 2 is 2.04 bits per heavy atom. The van der Waals surface area contributed by atoms with E-state index in [0.29, 0.717) is 36.5 Å². The average molecular weight is 407 g/mol. The van der Waals surface area contributed by atoms with E-state index < -0.39 is 10.0 Å². The molecule has 0 unspecified atom stereocenters. The van der Waals surface area contributed by atoms with Gasteiger partial charge in [-0.25, -0.2) is 17.7 Å². The van der Waals surface area contributed by atoms with Gasteiger partial charge in [-0.3, -0.25) is 15.4 Å². The Morgan fingerprint density at radius 3 is 2.68 bits per heavy atom. The Balaban J connectivity index is 1.86. The van der Waals surface area contributed by atoms with Gasteiger partial charge in [0, 0.05) is 25.2 Å². The average Bonchev–Trinajstić information content (AvgIpc) is 3.28. The van der Waals surface area contributed by atoms with Crippen LogP contribution in [0.2, 0.25) is 0 Å². The highest BCUT2D eigenvalue weighted by Gasteiger charge is 2.39. The highest BCUT2D eigenvalue weighted by atomic mass is 32.2. The van der Waals surface area contributed by atoms with Crippen molar-refractivity contribution in [3.8, 4) is 0 Å². The fraction of sp³-hybridized carbons (Fsp3) is 0.632. The molecule has 0 aromatic carbocycles. The summed E-state index contributed by atoms with van der Waals surface area (Å²) in [6.45, 7) is 6.80. The summed E-state index contributed by atoms with van der Waals surface area (Å²) in [7, 11) is -3.28. The molecular formula is C19H30N6O2S. The highest BCUT2D eigenvalue weighted by Crippen LogP contribution is 2.40. The Bertz CT molecular complexity index is 1000. The molecule has 3 rings (SSSR count). The number of H-pyrrole nitrogens is 1. The van der Waals surface area contributed by atoms with Crippen LogP contribution in [0.15, 0.2) is 18.5 Å². The third-order valence-corrected chi connectivity index (χ3v) is 8.15. The van der Waals surface area contributed by atoms with Gasteiger partial charge in [-0.15, -0.1) is 0 Å². The minimum atomic E-state index is -3.28. The normalized spacial score (nSPS) is 22.9. The van der Waals surface area contributed by atoms with E-state index in [1.165, 1.54) is 10.5 Å². The van der Waals surface area contributed by atoms with Crippen molar-refractivity contribution in [2.24, 2.45) is 17.8 Å². The van der Waals surface area contributed by atoms with Crippen LogP contribution < -0.4 is 5.49 Å². The predicted molar refractivity (Wildman–Crippen MR) is 110 cm³/mol. The van der Waals surface area contributed by atoms with Gasteiger partial charge in [0.25, 0.3) is 0 Å². The minimum absolute atomic E-state index is 0.0410. The first kappa shape index (κ1) is 20.7.